The minimum Gasteiger partial charge on any atom is -0.350 e. The van der Waals surface area contributed by atoms with E-state index in [4.69, 9.17) is 0 Å². The molecule has 0 aromatic rings. The highest BCUT2D eigenvalue weighted by Gasteiger charge is 2.27. The molecule has 76 valence electrons. The van der Waals surface area contributed by atoms with Crippen LogP contribution in [0.1, 0.15) is 0 Å². The van der Waals surface area contributed by atoms with Crippen molar-refractivity contribution in [1.29, 1.82) is 0 Å². The summed E-state index contributed by atoms with van der Waals surface area (Å²) in [6, 6.07) is 2.40. The van der Waals surface area contributed by atoms with Gasteiger partial charge in [0.1, 0.15) is 17.2 Å². The Kier molecular flexibility index (Phi) is 5.52. The molecule has 0 saturated heterocycles. The summed E-state index contributed by atoms with van der Waals surface area (Å²) in [5, 5.41) is 0. The molecule has 0 N–H and O–H groups in total. The van der Waals surface area contributed by atoms with Gasteiger partial charge in [-0.3, -0.25) is 0 Å². The molecule has 0 rings (SSSR count). The van der Waals surface area contributed by atoms with E-state index in [1.165, 1.54) is 12.1 Å². The molecule has 0 aromatic heterocycles. The number of rotatable bonds is 6. The molecule has 0 fully saturated rings. The van der Waals surface area contributed by atoms with Crippen LogP contribution in [0.15, 0.2) is 25.3 Å². The fourth-order valence-electron chi connectivity index (χ4n) is 1.49. The molecule has 13 heavy (non-hydrogen) atoms. The Hall–Kier alpha value is -0.126. The Morgan fingerprint density at radius 1 is 1.31 bits per heavy atom. The fraction of sp³-hybridized carbons (Fsp3) is 0.600. The number of nitrogens with zero attached hydrogens (tertiary/aromatic N) is 1. The molecule has 1 nitrogen and oxygen atoms in total. The molecule has 1 unspecified atom stereocenters. The Labute approximate surface area is 85.9 Å². The van der Waals surface area contributed by atoms with Gasteiger partial charge in [0.15, 0.2) is 0 Å². The van der Waals surface area contributed by atoms with Gasteiger partial charge in [-0.1, -0.05) is 31.8 Å². The van der Waals surface area contributed by atoms with Gasteiger partial charge in [0.25, 0.3) is 0 Å². The average molecular weight is 213 g/mol. The summed E-state index contributed by atoms with van der Waals surface area (Å²) in [6.07, 6.45) is 4.13. The van der Waals surface area contributed by atoms with E-state index in [0.29, 0.717) is 0 Å². The van der Waals surface area contributed by atoms with Crippen molar-refractivity contribution in [3.8, 4) is 0 Å². The topological polar surface area (TPSA) is 3.24 Å². The van der Waals surface area contributed by atoms with Crippen molar-refractivity contribution in [2.75, 3.05) is 7.05 Å². The highest BCUT2D eigenvalue weighted by atomic mass is 28.4. The Morgan fingerprint density at radius 3 is 2.23 bits per heavy atom. The van der Waals surface area contributed by atoms with Crippen LogP contribution in [-0.2, 0) is 0 Å². The highest BCUT2D eigenvalue weighted by molar-refractivity contribution is 6.83. The SMILES string of the molecule is C=CC[SiH](C)N(C)[Si](C)(C)CC=C. The summed E-state index contributed by atoms with van der Waals surface area (Å²) in [4.78, 5) is 0. The second-order valence-electron chi connectivity index (χ2n) is 4.29. The number of allylic oxidation sites excluding steroid dienone is 2. The maximum atomic E-state index is 3.84. The lowest BCUT2D eigenvalue weighted by Crippen LogP contribution is -2.52. The quantitative estimate of drug-likeness (QED) is 0.484. The standard InChI is InChI=1S/C10H23NSi2/c1-7-9-12(4)11(3)13(5,6)10-8-2/h7-8,12H,1-2,9-10H2,3-6H3. The Morgan fingerprint density at radius 2 is 1.85 bits per heavy atom. The molecule has 0 bridgehead atoms. The maximum Gasteiger partial charge on any atom is 0.118 e. The van der Waals surface area contributed by atoms with Crippen molar-refractivity contribution < 1.29 is 0 Å². The summed E-state index contributed by atoms with van der Waals surface area (Å²) in [5.41, 5.74) is 0. The van der Waals surface area contributed by atoms with E-state index < -0.39 is 17.2 Å². The highest BCUT2D eigenvalue weighted by Crippen LogP contribution is 2.16. The summed E-state index contributed by atoms with van der Waals surface area (Å²) in [7, 11) is 0.386. The third-order valence-corrected chi connectivity index (χ3v) is 11.7. The smallest absolute Gasteiger partial charge is 0.118 e. The van der Waals surface area contributed by atoms with Crippen LogP contribution < -0.4 is 0 Å². The van der Waals surface area contributed by atoms with Crippen LogP contribution in [0, 0.1) is 0 Å². The largest absolute Gasteiger partial charge is 0.350 e. The van der Waals surface area contributed by atoms with E-state index in [2.05, 4.69) is 56.2 Å². The molecule has 1 atom stereocenters. The van der Waals surface area contributed by atoms with E-state index in [0.717, 1.165) is 0 Å². The van der Waals surface area contributed by atoms with Gasteiger partial charge in [-0.05, 0) is 19.1 Å². The van der Waals surface area contributed by atoms with Gasteiger partial charge in [-0.15, -0.1) is 13.2 Å². The second-order valence-corrected chi connectivity index (χ2v) is 12.5. The first-order chi connectivity index (χ1) is 5.95. The number of hydrogen-bond donors (Lipinski definition) is 0. The first-order valence-corrected chi connectivity index (χ1v) is 10.5. The summed E-state index contributed by atoms with van der Waals surface area (Å²) < 4.78 is 2.66. The maximum absolute atomic E-state index is 3.84. The van der Waals surface area contributed by atoms with Crippen molar-refractivity contribution in [3.05, 3.63) is 25.3 Å². The zero-order valence-corrected chi connectivity index (χ0v) is 11.7. The lowest BCUT2D eigenvalue weighted by atomic mass is 10.8. The van der Waals surface area contributed by atoms with Gasteiger partial charge in [0.05, 0.1) is 0 Å². The van der Waals surface area contributed by atoms with E-state index in [-0.39, 0.29) is 0 Å². The Bertz CT molecular complexity index is 178. The lowest BCUT2D eigenvalue weighted by molar-refractivity contribution is 0.770. The minimum atomic E-state index is -1.18. The molecule has 3 heteroatoms. The van der Waals surface area contributed by atoms with Gasteiger partial charge < -0.3 is 4.23 Å². The number of hydrogen-bond acceptors (Lipinski definition) is 1. The van der Waals surface area contributed by atoms with Crippen LogP contribution in [-0.4, -0.2) is 28.5 Å². The van der Waals surface area contributed by atoms with Gasteiger partial charge >= 0.3 is 0 Å². The summed E-state index contributed by atoms with van der Waals surface area (Å²) >= 11 is 0. The average Bonchev–Trinajstić information content (AvgIpc) is 2.03. The van der Waals surface area contributed by atoms with Gasteiger partial charge in [-0.25, -0.2) is 0 Å². The van der Waals surface area contributed by atoms with Crippen LogP contribution in [0.25, 0.3) is 0 Å². The first kappa shape index (κ1) is 12.9. The van der Waals surface area contributed by atoms with Gasteiger partial charge in [0.2, 0.25) is 0 Å². The molecular formula is C10H23NSi2. The molecule has 0 radical (unpaired) electrons. The van der Waals surface area contributed by atoms with E-state index in [1.807, 2.05) is 0 Å². The third-order valence-electron chi connectivity index (χ3n) is 2.77. The van der Waals surface area contributed by atoms with Crippen LogP contribution in [0.5, 0.6) is 0 Å². The predicted molar refractivity (Wildman–Crippen MR) is 68.3 cm³/mol. The zero-order valence-electron chi connectivity index (χ0n) is 9.51. The molecule has 0 spiro atoms. The fourth-order valence-corrected chi connectivity index (χ4v) is 8.69. The van der Waals surface area contributed by atoms with Crippen molar-refractivity contribution >= 4 is 17.2 Å². The normalized spacial score (nSPS) is 14.2. The molecule has 0 aliphatic rings. The zero-order chi connectivity index (χ0) is 10.5. The molecular weight excluding hydrogens is 190 g/mol. The predicted octanol–water partition coefficient (Wildman–Crippen LogP) is 2.85. The van der Waals surface area contributed by atoms with Crippen LogP contribution in [0.4, 0.5) is 0 Å². The third kappa shape index (κ3) is 4.07. The first-order valence-electron chi connectivity index (χ1n) is 4.90. The van der Waals surface area contributed by atoms with Gasteiger partial charge in [0, 0.05) is 0 Å². The van der Waals surface area contributed by atoms with Crippen molar-refractivity contribution in [2.45, 2.75) is 31.7 Å². The summed E-state index contributed by atoms with van der Waals surface area (Å²) in [5.74, 6) is 0. The molecule has 0 amide bonds. The monoisotopic (exact) mass is 213 g/mol. The van der Waals surface area contributed by atoms with Crippen LogP contribution in [0.2, 0.25) is 31.7 Å². The van der Waals surface area contributed by atoms with Crippen LogP contribution in [0.3, 0.4) is 0 Å². The molecule has 0 heterocycles. The van der Waals surface area contributed by atoms with Crippen molar-refractivity contribution in [3.63, 3.8) is 0 Å². The van der Waals surface area contributed by atoms with Crippen molar-refractivity contribution in [2.24, 2.45) is 0 Å². The van der Waals surface area contributed by atoms with E-state index >= 15 is 0 Å². The summed E-state index contributed by atoms with van der Waals surface area (Å²) in [6.45, 7) is 14.9. The van der Waals surface area contributed by atoms with E-state index in [9.17, 15) is 0 Å². The minimum absolute atomic E-state index is 0.724. The van der Waals surface area contributed by atoms with Crippen LogP contribution >= 0.6 is 0 Å². The Balaban J connectivity index is 4.27. The van der Waals surface area contributed by atoms with Gasteiger partial charge in [-0.2, -0.15) is 0 Å². The molecule has 0 saturated carbocycles. The molecule has 0 aliphatic heterocycles. The van der Waals surface area contributed by atoms with Crippen molar-refractivity contribution in [1.82, 2.24) is 4.23 Å². The van der Waals surface area contributed by atoms with E-state index in [1.54, 1.807) is 0 Å². The molecule has 0 aliphatic carbocycles. The second kappa shape index (κ2) is 5.57. The lowest BCUT2D eigenvalue weighted by Gasteiger charge is -2.37. The molecule has 0 aromatic carbocycles.